The molecular weight excluding hydrogens is 440 g/mol. The van der Waals surface area contributed by atoms with Gasteiger partial charge in [-0.1, -0.05) is 30.3 Å². The van der Waals surface area contributed by atoms with Crippen LogP contribution in [0.1, 0.15) is 22.8 Å². The van der Waals surface area contributed by atoms with Gasteiger partial charge in [-0.05, 0) is 55.0 Å². The molecule has 3 aromatic carbocycles. The Morgan fingerprint density at radius 3 is 2.37 bits per heavy atom. The second-order valence-electron chi connectivity index (χ2n) is 9.21. The SMILES string of the molecule is C[C@@H]1C(=O)N(C)c2ccc(Nc3ccc(C(=O)NCC4COC4)cc3)cc2N1Cc1ccccc1. The molecule has 0 aromatic heterocycles. The van der Waals surface area contributed by atoms with E-state index in [-0.39, 0.29) is 17.9 Å². The molecule has 7 nitrogen and oxygen atoms in total. The summed E-state index contributed by atoms with van der Waals surface area (Å²) in [5.41, 5.74) is 5.47. The van der Waals surface area contributed by atoms with Crippen molar-refractivity contribution in [2.75, 3.05) is 41.9 Å². The minimum absolute atomic E-state index is 0.0736. The topological polar surface area (TPSA) is 73.9 Å². The number of anilines is 4. The Balaban J connectivity index is 1.33. The van der Waals surface area contributed by atoms with Gasteiger partial charge in [0, 0.05) is 43.0 Å². The zero-order valence-corrected chi connectivity index (χ0v) is 20.0. The predicted octanol–water partition coefficient (Wildman–Crippen LogP) is 4.18. The molecule has 2 amide bonds. The largest absolute Gasteiger partial charge is 0.381 e. The molecule has 0 aliphatic carbocycles. The van der Waals surface area contributed by atoms with E-state index >= 15 is 0 Å². The molecule has 1 atom stereocenters. The number of ether oxygens (including phenoxy) is 1. The number of hydrogen-bond donors (Lipinski definition) is 2. The molecule has 2 N–H and O–H groups in total. The van der Waals surface area contributed by atoms with Crippen LogP contribution in [-0.4, -0.2) is 44.7 Å². The summed E-state index contributed by atoms with van der Waals surface area (Å²) in [6, 6.07) is 23.4. The second kappa shape index (κ2) is 9.80. The van der Waals surface area contributed by atoms with Gasteiger partial charge in [0.2, 0.25) is 5.91 Å². The Morgan fingerprint density at radius 2 is 1.69 bits per heavy atom. The van der Waals surface area contributed by atoms with Crippen LogP contribution in [0.3, 0.4) is 0 Å². The standard InChI is InChI=1S/C28H30N4O3/c1-19-28(34)31(2)25-13-12-24(14-26(25)32(19)16-20-6-4-3-5-7-20)30-23-10-8-22(9-11-23)27(33)29-15-21-17-35-18-21/h3-14,19,21,30H,15-18H2,1-2H3,(H,29,33)/t19-/m1/s1. The summed E-state index contributed by atoms with van der Waals surface area (Å²) in [6.07, 6.45) is 0. The Labute approximate surface area is 205 Å². The van der Waals surface area contributed by atoms with E-state index in [9.17, 15) is 9.59 Å². The number of amides is 2. The summed E-state index contributed by atoms with van der Waals surface area (Å²) in [6.45, 7) is 4.68. The molecule has 0 bridgehead atoms. The lowest BCUT2D eigenvalue weighted by Gasteiger charge is -2.40. The summed E-state index contributed by atoms with van der Waals surface area (Å²) in [4.78, 5) is 29.2. The fourth-order valence-corrected chi connectivity index (χ4v) is 4.47. The fourth-order valence-electron chi connectivity index (χ4n) is 4.47. The van der Waals surface area contributed by atoms with E-state index in [2.05, 4.69) is 33.7 Å². The number of rotatable bonds is 7. The molecule has 2 aliphatic heterocycles. The monoisotopic (exact) mass is 470 g/mol. The number of nitrogens with zero attached hydrogens (tertiary/aromatic N) is 2. The van der Waals surface area contributed by atoms with Gasteiger partial charge in [-0.25, -0.2) is 0 Å². The molecule has 35 heavy (non-hydrogen) atoms. The van der Waals surface area contributed by atoms with E-state index in [0.717, 1.165) is 41.5 Å². The first-order valence-corrected chi connectivity index (χ1v) is 11.9. The molecule has 7 heteroatoms. The zero-order chi connectivity index (χ0) is 24.4. The van der Waals surface area contributed by atoms with E-state index in [1.54, 1.807) is 4.90 Å². The summed E-state index contributed by atoms with van der Waals surface area (Å²) in [7, 11) is 1.83. The van der Waals surface area contributed by atoms with Crippen LogP contribution in [-0.2, 0) is 16.1 Å². The highest BCUT2D eigenvalue weighted by molar-refractivity contribution is 6.05. The quantitative estimate of drug-likeness (QED) is 0.542. The summed E-state index contributed by atoms with van der Waals surface area (Å²) >= 11 is 0. The number of fused-ring (bicyclic) bond motifs is 1. The number of carbonyl (C=O) groups is 2. The van der Waals surface area contributed by atoms with E-state index in [0.29, 0.717) is 24.6 Å². The third kappa shape index (κ3) is 4.86. The first-order chi connectivity index (χ1) is 17.0. The van der Waals surface area contributed by atoms with Crippen molar-refractivity contribution in [2.24, 2.45) is 5.92 Å². The number of nitrogens with one attached hydrogen (secondary N) is 2. The fraction of sp³-hybridized carbons (Fsp3) is 0.286. The van der Waals surface area contributed by atoms with Gasteiger partial charge in [0.25, 0.3) is 5.91 Å². The van der Waals surface area contributed by atoms with Gasteiger partial charge in [-0.3, -0.25) is 9.59 Å². The smallest absolute Gasteiger partial charge is 0.251 e. The Morgan fingerprint density at radius 1 is 0.971 bits per heavy atom. The lowest BCUT2D eigenvalue weighted by molar-refractivity contribution is -0.119. The third-order valence-electron chi connectivity index (χ3n) is 6.69. The van der Waals surface area contributed by atoms with Crippen LogP contribution in [0.5, 0.6) is 0 Å². The van der Waals surface area contributed by atoms with Crippen molar-refractivity contribution < 1.29 is 14.3 Å². The van der Waals surface area contributed by atoms with Crippen molar-refractivity contribution in [3.8, 4) is 0 Å². The highest BCUT2D eigenvalue weighted by atomic mass is 16.5. The van der Waals surface area contributed by atoms with Crippen molar-refractivity contribution in [3.05, 3.63) is 83.9 Å². The first kappa shape index (κ1) is 22.9. The van der Waals surface area contributed by atoms with Crippen LogP contribution >= 0.6 is 0 Å². The Bertz CT molecular complexity index is 1210. The molecule has 0 saturated carbocycles. The molecular formula is C28H30N4O3. The van der Waals surface area contributed by atoms with Crippen LogP contribution in [0, 0.1) is 5.92 Å². The minimum atomic E-state index is -0.271. The molecule has 2 aliphatic rings. The van der Waals surface area contributed by atoms with Crippen molar-refractivity contribution >= 4 is 34.6 Å². The molecule has 1 fully saturated rings. The van der Waals surface area contributed by atoms with Gasteiger partial charge in [0.05, 0.1) is 24.6 Å². The van der Waals surface area contributed by atoms with Crippen molar-refractivity contribution in [1.29, 1.82) is 0 Å². The summed E-state index contributed by atoms with van der Waals surface area (Å²) in [5.74, 6) is 0.422. The van der Waals surface area contributed by atoms with Crippen molar-refractivity contribution in [3.63, 3.8) is 0 Å². The summed E-state index contributed by atoms with van der Waals surface area (Å²) < 4.78 is 5.15. The molecule has 0 radical (unpaired) electrons. The van der Waals surface area contributed by atoms with Crippen LogP contribution < -0.4 is 20.4 Å². The Hall–Kier alpha value is -3.84. The van der Waals surface area contributed by atoms with E-state index in [1.165, 1.54) is 0 Å². The second-order valence-corrected chi connectivity index (χ2v) is 9.21. The van der Waals surface area contributed by atoms with E-state index < -0.39 is 0 Å². The van der Waals surface area contributed by atoms with Crippen LogP contribution in [0.2, 0.25) is 0 Å². The number of carbonyl (C=O) groups excluding carboxylic acids is 2. The van der Waals surface area contributed by atoms with Gasteiger partial charge in [0.15, 0.2) is 0 Å². The van der Waals surface area contributed by atoms with Gasteiger partial charge in [0.1, 0.15) is 6.04 Å². The maximum atomic E-state index is 12.9. The van der Waals surface area contributed by atoms with Crippen molar-refractivity contribution in [2.45, 2.75) is 19.5 Å². The number of benzene rings is 3. The third-order valence-corrected chi connectivity index (χ3v) is 6.69. The van der Waals surface area contributed by atoms with Gasteiger partial charge in [-0.2, -0.15) is 0 Å². The minimum Gasteiger partial charge on any atom is -0.381 e. The normalized spacial score (nSPS) is 17.5. The van der Waals surface area contributed by atoms with Crippen molar-refractivity contribution in [1.82, 2.24) is 5.32 Å². The molecule has 5 rings (SSSR count). The lowest BCUT2D eigenvalue weighted by Crippen LogP contribution is -2.50. The van der Waals surface area contributed by atoms with Gasteiger partial charge >= 0.3 is 0 Å². The average Bonchev–Trinajstić information content (AvgIpc) is 2.85. The highest BCUT2D eigenvalue weighted by Crippen LogP contribution is 2.39. The molecule has 180 valence electrons. The first-order valence-electron chi connectivity index (χ1n) is 11.9. The molecule has 2 heterocycles. The Kier molecular flexibility index (Phi) is 6.42. The molecule has 0 spiro atoms. The number of hydrogen-bond acceptors (Lipinski definition) is 5. The summed E-state index contributed by atoms with van der Waals surface area (Å²) in [5, 5.41) is 6.40. The predicted molar refractivity (Wildman–Crippen MR) is 138 cm³/mol. The van der Waals surface area contributed by atoms with Crippen LogP contribution in [0.4, 0.5) is 22.7 Å². The molecule has 0 unspecified atom stereocenters. The maximum Gasteiger partial charge on any atom is 0.251 e. The maximum absolute atomic E-state index is 12.9. The molecule has 1 saturated heterocycles. The molecule has 3 aromatic rings. The van der Waals surface area contributed by atoms with Crippen LogP contribution in [0.25, 0.3) is 0 Å². The average molecular weight is 471 g/mol. The number of likely N-dealkylation sites (N-methyl/N-ethyl adjacent to an activating group) is 1. The van der Waals surface area contributed by atoms with Gasteiger partial charge < -0.3 is 25.2 Å². The van der Waals surface area contributed by atoms with E-state index in [1.807, 2.05) is 68.6 Å². The van der Waals surface area contributed by atoms with Crippen LogP contribution in [0.15, 0.2) is 72.8 Å². The lowest BCUT2D eigenvalue weighted by atomic mass is 10.0. The van der Waals surface area contributed by atoms with Gasteiger partial charge in [-0.15, -0.1) is 0 Å². The van der Waals surface area contributed by atoms with E-state index in [4.69, 9.17) is 4.74 Å². The highest BCUT2D eigenvalue weighted by Gasteiger charge is 2.33. The zero-order valence-electron chi connectivity index (χ0n) is 20.0.